The van der Waals surface area contributed by atoms with Gasteiger partial charge in [0.2, 0.25) is 0 Å². The molecular formula is C31H41NO10. The minimum atomic E-state index is -1.41. The number of carbonyl (C=O) groups excluding carboxylic acids is 3. The second kappa shape index (κ2) is 17.0. The number of carbonyl (C=O) groups is 4. The minimum Gasteiger partial charge on any atom is -0.480 e. The summed E-state index contributed by atoms with van der Waals surface area (Å²) in [5.74, 6) is -3.67. The van der Waals surface area contributed by atoms with Crippen molar-refractivity contribution in [2.24, 2.45) is 11.7 Å². The Bertz CT molecular complexity index is 1190. The highest BCUT2D eigenvalue weighted by Gasteiger charge is 2.33. The highest BCUT2D eigenvalue weighted by molar-refractivity contribution is 5.89. The van der Waals surface area contributed by atoms with Crippen LogP contribution in [-0.4, -0.2) is 54.2 Å². The van der Waals surface area contributed by atoms with Crippen molar-refractivity contribution in [1.29, 1.82) is 0 Å². The predicted octanol–water partition coefficient (Wildman–Crippen LogP) is 6.08. The molecule has 0 fully saturated rings. The van der Waals surface area contributed by atoms with Gasteiger partial charge in [-0.2, -0.15) is 0 Å². The first kappa shape index (κ1) is 34.1. The molecule has 0 spiro atoms. The van der Waals surface area contributed by atoms with Crippen LogP contribution in [0.3, 0.4) is 0 Å². The third-order valence-corrected chi connectivity index (χ3v) is 6.50. The van der Waals surface area contributed by atoms with Crippen LogP contribution in [0.2, 0.25) is 0 Å². The lowest BCUT2D eigenvalue weighted by atomic mass is 9.82. The van der Waals surface area contributed by atoms with E-state index in [-0.39, 0.29) is 18.1 Å². The van der Waals surface area contributed by atoms with E-state index < -0.39 is 54.3 Å². The van der Waals surface area contributed by atoms with Crippen molar-refractivity contribution in [3.05, 3.63) is 59.7 Å². The second-order valence-electron chi connectivity index (χ2n) is 10.2. The van der Waals surface area contributed by atoms with E-state index in [4.69, 9.17) is 29.4 Å². The predicted molar refractivity (Wildman–Crippen MR) is 154 cm³/mol. The second-order valence-corrected chi connectivity index (χ2v) is 10.2. The van der Waals surface area contributed by atoms with Crippen LogP contribution in [0, 0.1) is 5.92 Å². The zero-order chi connectivity index (χ0) is 31.2. The Labute approximate surface area is 246 Å². The van der Waals surface area contributed by atoms with Gasteiger partial charge in [0.25, 0.3) is 0 Å². The molecule has 230 valence electrons. The summed E-state index contributed by atoms with van der Waals surface area (Å²) >= 11 is 0. The lowest BCUT2D eigenvalue weighted by Crippen LogP contribution is -2.40. The number of ether oxygens (including phenoxy) is 5. The molecule has 0 radical (unpaired) electrons. The number of benzene rings is 2. The van der Waals surface area contributed by atoms with Crippen LogP contribution in [0.4, 0.5) is 9.59 Å². The van der Waals surface area contributed by atoms with E-state index >= 15 is 0 Å². The lowest BCUT2D eigenvalue weighted by molar-refractivity contribution is -0.139. The molecule has 0 aliphatic rings. The number of esters is 1. The van der Waals surface area contributed by atoms with Crippen molar-refractivity contribution in [3.63, 3.8) is 0 Å². The smallest absolute Gasteiger partial charge is 0.480 e. The van der Waals surface area contributed by atoms with Crippen molar-refractivity contribution in [2.45, 2.75) is 84.5 Å². The number of aliphatic carboxylic acids is 1. The average Bonchev–Trinajstić information content (AvgIpc) is 2.93. The number of carboxylic acids is 1. The molecule has 0 bridgehead atoms. The quantitative estimate of drug-likeness (QED) is 0.141. The van der Waals surface area contributed by atoms with Crippen molar-refractivity contribution in [3.8, 4) is 11.5 Å². The van der Waals surface area contributed by atoms with Crippen molar-refractivity contribution < 1.29 is 48.0 Å². The molecule has 0 aliphatic carbocycles. The molecule has 0 heterocycles. The van der Waals surface area contributed by atoms with Gasteiger partial charge in [0.05, 0.1) is 12.2 Å². The largest absolute Gasteiger partial charge is 0.514 e. The van der Waals surface area contributed by atoms with Gasteiger partial charge in [-0.15, -0.1) is 0 Å². The summed E-state index contributed by atoms with van der Waals surface area (Å²) in [6, 6.07) is 11.2. The molecule has 0 aromatic heterocycles. The molecule has 3 N–H and O–H groups in total. The number of rotatable bonds is 15. The summed E-state index contributed by atoms with van der Waals surface area (Å²) < 4.78 is 26.7. The molecule has 0 saturated carbocycles. The van der Waals surface area contributed by atoms with E-state index in [1.807, 2.05) is 13.8 Å². The van der Waals surface area contributed by atoms with Gasteiger partial charge in [0.1, 0.15) is 18.2 Å². The molecule has 0 aliphatic heterocycles. The maximum atomic E-state index is 12.6. The van der Waals surface area contributed by atoms with Gasteiger partial charge in [-0.3, -0.25) is 4.79 Å². The number of nitrogens with two attached hydrogens (primary N) is 1. The van der Waals surface area contributed by atoms with Crippen LogP contribution in [0.25, 0.3) is 0 Å². The molecule has 4 unspecified atom stereocenters. The Morgan fingerprint density at radius 3 is 1.88 bits per heavy atom. The van der Waals surface area contributed by atoms with Crippen LogP contribution >= 0.6 is 0 Å². The summed E-state index contributed by atoms with van der Waals surface area (Å²) in [6.07, 6.45) is -0.0537. The molecule has 2 rings (SSSR count). The van der Waals surface area contributed by atoms with Gasteiger partial charge >= 0.3 is 24.2 Å². The van der Waals surface area contributed by atoms with Gasteiger partial charge < -0.3 is 34.5 Å². The van der Waals surface area contributed by atoms with Gasteiger partial charge in [0, 0.05) is 5.92 Å². The molecule has 0 amide bonds. The van der Waals surface area contributed by atoms with E-state index in [2.05, 4.69) is 0 Å². The van der Waals surface area contributed by atoms with Crippen molar-refractivity contribution in [2.75, 3.05) is 6.61 Å². The summed E-state index contributed by atoms with van der Waals surface area (Å²) in [6.45, 7) is 8.86. The first-order valence-electron chi connectivity index (χ1n) is 14.1. The third-order valence-electron chi connectivity index (χ3n) is 6.50. The fraction of sp³-hybridized carbons (Fsp3) is 0.484. The molecule has 2 aromatic carbocycles. The first-order chi connectivity index (χ1) is 20.0. The monoisotopic (exact) mass is 587 g/mol. The Kier molecular flexibility index (Phi) is 13.8. The summed E-state index contributed by atoms with van der Waals surface area (Å²) in [7, 11) is 0. The van der Waals surface area contributed by atoms with Gasteiger partial charge in [-0.05, 0) is 62.4 Å². The summed E-state index contributed by atoms with van der Waals surface area (Å²) in [5.41, 5.74) is 6.78. The zero-order valence-electron chi connectivity index (χ0n) is 24.7. The standard InChI is InChI=1S/C31H41NO10/c1-6-11-20(4)39-30(36)41-24-16-15-23(17-25(24)42-31(37)40-21(5)12-7-2)26(27(32)28(33)34)19(3)18-38-29(35)22-13-9-8-10-14-22/h8-10,13-17,19-21,26-27H,6-7,11-12,18,32H2,1-5H3,(H,33,34)/t19?,20?,21?,26?,27-/m0/s1. The van der Waals surface area contributed by atoms with Crippen LogP contribution < -0.4 is 15.2 Å². The van der Waals surface area contributed by atoms with Crippen LogP contribution in [-0.2, 0) is 19.0 Å². The Morgan fingerprint density at radius 1 is 0.810 bits per heavy atom. The molecular weight excluding hydrogens is 546 g/mol. The topological polar surface area (TPSA) is 161 Å². The fourth-order valence-electron chi connectivity index (χ4n) is 4.39. The van der Waals surface area contributed by atoms with Gasteiger partial charge in [-0.1, -0.05) is 57.9 Å². The van der Waals surface area contributed by atoms with E-state index in [0.717, 1.165) is 12.8 Å². The molecule has 2 aromatic rings. The Balaban J connectivity index is 2.37. The first-order valence-corrected chi connectivity index (χ1v) is 14.1. The SMILES string of the molecule is CCCC(C)OC(=O)Oc1ccc(C(C(C)COC(=O)c2ccccc2)[C@H](N)C(=O)O)cc1OC(=O)OC(C)CCC. The molecule has 0 saturated heterocycles. The van der Waals surface area contributed by atoms with E-state index in [1.165, 1.54) is 18.2 Å². The fourth-order valence-corrected chi connectivity index (χ4v) is 4.39. The molecule has 5 atom stereocenters. The number of hydrogen-bond acceptors (Lipinski definition) is 10. The van der Waals surface area contributed by atoms with E-state index in [1.54, 1.807) is 51.1 Å². The van der Waals surface area contributed by atoms with Crippen LogP contribution in [0.1, 0.15) is 82.1 Å². The maximum Gasteiger partial charge on any atom is 0.514 e. The van der Waals surface area contributed by atoms with E-state index in [9.17, 15) is 24.3 Å². The molecule has 11 nitrogen and oxygen atoms in total. The minimum absolute atomic E-state index is 0.140. The third kappa shape index (κ3) is 10.7. The number of hydrogen-bond donors (Lipinski definition) is 2. The number of carboxylic acid groups (broad SMARTS) is 1. The highest BCUT2D eigenvalue weighted by atomic mass is 16.7. The molecule has 11 heteroatoms. The van der Waals surface area contributed by atoms with Crippen molar-refractivity contribution >= 4 is 24.2 Å². The van der Waals surface area contributed by atoms with Gasteiger partial charge in [-0.25, -0.2) is 14.4 Å². The maximum absolute atomic E-state index is 12.6. The summed E-state index contributed by atoms with van der Waals surface area (Å²) in [5, 5.41) is 9.76. The summed E-state index contributed by atoms with van der Waals surface area (Å²) in [4.78, 5) is 49.5. The Hall–Kier alpha value is -4.12. The highest BCUT2D eigenvalue weighted by Crippen LogP contribution is 2.36. The van der Waals surface area contributed by atoms with E-state index in [0.29, 0.717) is 24.0 Å². The lowest BCUT2D eigenvalue weighted by Gasteiger charge is -2.28. The van der Waals surface area contributed by atoms with Crippen molar-refractivity contribution in [1.82, 2.24) is 0 Å². The van der Waals surface area contributed by atoms with Crippen LogP contribution in [0.15, 0.2) is 48.5 Å². The normalized spacial score (nSPS) is 14.4. The average molecular weight is 588 g/mol. The van der Waals surface area contributed by atoms with Gasteiger partial charge in [0.15, 0.2) is 11.5 Å². The molecule has 42 heavy (non-hydrogen) atoms. The van der Waals surface area contributed by atoms with Crippen LogP contribution in [0.5, 0.6) is 11.5 Å². The Morgan fingerprint density at radius 2 is 1.36 bits per heavy atom. The zero-order valence-corrected chi connectivity index (χ0v) is 24.7.